The van der Waals surface area contributed by atoms with Crippen molar-refractivity contribution < 1.29 is 14.3 Å². The minimum Gasteiger partial charge on any atom is -0.477 e. The van der Waals surface area contributed by atoms with Crippen LogP contribution in [-0.4, -0.2) is 59.9 Å². The molecule has 0 bridgehead atoms. The predicted octanol–water partition coefficient (Wildman–Crippen LogP) is 4.22. The summed E-state index contributed by atoms with van der Waals surface area (Å²) in [5.74, 6) is -1.27. The van der Waals surface area contributed by atoms with Gasteiger partial charge in [0.25, 0.3) is 0 Å². The number of hydrogen-bond acceptors (Lipinski definition) is 6. The maximum atomic E-state index is 13.3. The molecule has 8 heteroatoms. The number of carboxylic acid groups (broad SMARTS) is 1. The fraction of sp³-hybridized carbons (Fsp3) is 0.435. The minimum absolute atomic E-state index is 0.0793. The van der Waals surface area contributed by atoms with Crippen LogP contribution >= 0.6 is 0 Å². The van der Waals surface area contributed by atoms with E-state index in [2.05, 4.69) is 34.2 Å². The van der Waals surface area contributed by atoms with E-state index in [1.165, 1.54) is 12.1 Å². The van der Waals surface area contributed by atoms with Gasteiger partial charge in [-0.25, -0.2) is 14.2 Å². The number of pyridine rings is 1. The number of hydrogen-bond donors (Lipinski definition) is 3. The van der Waals surface area contributed by atoms with Crippen LogP contribution in [0.25, 0.3) is 0 Å². The normalized spacial score (nSPS) is 14.9. The zero-order chi connectivity index (χ0) is 22.7. The molecule has 166 valence electrons. The zero-order valence-electron chi connectivity index (χ0n) is 18.4. The van der Waals surface area contributed by atoms with Gasteiger partial charge in [-0.3, -0.25) is 0 Å². The number of carboxylic acids is 1. The average Bonchev–Trinajstić information content (AvgIpc) is 2.74. The number of nitrogens with zero attached hydrogens (tertiary/aromatic N) is 3. The number of benzene rings is 1. The Balaban J connectivity index is 2.09. The highest BCUT2D eigenvalue weighted by Gasteiger charge is 2.28. The zero-order valence-corrected chi connectivity index (χ0v) is 18.4. The maximum absolute atomic E-state index is 13.3. The molecule has 3 rings (SSSR count). The summed E-state index contributed by atoms with van der Waals surface area (Å²) in [5, 5.41) is 21.5. The third-order valence-corrected chi connectivity index (χ3v) is 5.71. The minimum atomic E-state index is -1.13. The molecule has 0 radical (unpaired) electrons. The fourth-order valence-electron chi connectivity index (χ4n) is 3.83. The van der Waals surface area contributed by atoms with Crippen LogP contribution in [0.1, 0.15) is 42.7 Å². The van der Waals surface area contributed by atoms with E-state index in [4.69, 9.17) is 5.41 Å². The van der Waals surface area contributed by atoms with Crippen LogP contribution in [0.15, 0.2) is 30.3 Å². The van der Waals surface area contributed by atoms with Crippen LogP contribution in [0.5, 0.6) is 0 Å². The Kier molecular flexibility index (Phi) is 6.90. The summed E-state index contributed by atoms with van der Waals surface area (Å²) in [5.41, 5.74) is 2.15. The lowest BCUT2D eigenvalue weighted by molar-refractivity contribution is 0.0690. The maximum Gasteiger partial charge on any atom is 0.354 e. The van der Waals surface area contributed by atoms with E-state index in [0.717, 1.165) is 25.9 Å². The standard InChI is InChI=1S/C23H30FN5O2/c1-14(2)21(25)20-19(29-11-9-17(10-12-29)28(3)4)13-18(23(30)31)27-22(20)26-16-7-5-15(24)6-8-16/h5-8,13-14,17,25H,9-12H2,1-4H3,(H,26,27)(H,30,31). The monoisotopic (exact) mass is 427 g/mol. The molecule has 2 aromatic rings. The summed E-state index contributed by atoms with van der Waals surface area (Å²) in [6.45, 7) is 5.38. The summed E-state index contributed by atoms with van der Waals surface area (Å²) in [4.78, 5) is 20.5. The summed E-state index contributed by atoms with van der Waals surface area (Å²) in [6.07, 6.45) is 1.90. The molecule has 0 amide bonds. The van der Waals surface area contributed by atoms with E-state index in [1.54, 1.807) is 18.2 Å². The number of nitrogens with one attached hydrogen (secondary N) is 2. The van der Waals surface area contributed by atoms with Crippen molar-refractivity contribution in [3.63, 3.8) is 0 Å². The summed E-state index contributed by atoms with van der Waals surface area (Å²) < 4.78 is 13.3. The van der Waals surface area contributed by atoms with Gasteiger partial charge in [0, 0.05) is 30.5 Å². The van der Waals surface area contributed by atoms with Gasteiger partial charge in [0.1, 0.15) is 11.6 Å². The van der Waals surface area contributed by atoms with Gasteiger partial charge in [0.2, 0.25) is 0 Å². The van der Waals surface area contributed by atoms with Crippen molar-refractivity contribution >= 4 is 28.9 Å². The number of carbonyl (C=O) groups is 1. The molecular weight excluding hydrogens is 397 g/mol. The SMILES string of the molecule is CC(C)C(=N)c1c(N2CCC(N(C)C)CC2)cc(C(=O)O)nc1Nc1ccc(F)cc1. The first-order chi connectivity index (χ1) is 14.7. The first-order valence-corrected chi connectivity index (χ1v) is 10.5. The van der Waals surface area contributed by atoms with Gasteiger partial charge in [-0.15, -0.1) is 0 Å². The van der Waals surface area contributed by atoms with Crippen LogP contribution in [0.4, 0.5) is 21.6 Å². The van der Waals surface area contributed by atoms with Gasteiger partial charge in [0.15, 0.2) is 5.69 Å². The van der Waals surface area contributed by atoms with Crippen LogP contribution < -0.4 is 10.2 Å². The molecule has 2 heterocycles. The van der Waals surface area contributed by atoms with Crippen LogP contribution in [0.2, 0.25) is 0 Å². The molecule has 0 atom stereocenters. The average molecular weight is 428 g/mol. The second-order valence-electron chi connectivity index (χ2n) is 8.44. The molecule has 1 aromatic heterocycles. The van der Waals surface area contributed by atoms with Crippen LogP contribution in [-0.2, 0) is 0 Å². The second-order valence-corrected chi connectivity index (χ2v) is 8.44. The third kappa shape index (κ3) is 5.19. The van der Waals surface area contributed by atoms with Crippen LogP contribution in [0, 0.1) is 17.1 Å². The highest BCUT2D eigenvalue weighted by atomic mass is 19.1. The Morgan fingerprint density at radius 1 is 1.26 bits per heavy atom. The molecular formula is C23H30FN5O2. The lowest BCUT2D eigenvalue weighted by Gasteiger charge is -2.38. The lowest BCUT2D eigenvalue weighted by Crippen LogP contribution is -2.42. The predicted molar refractivity (Wildman–Crippen MR) is 121 cm³/mol. The molecule has 7 nitrogen and oxygen atoms in total. The van der Waals surface area contributed by atoms with Gasteiger partial charge in [-0.1, -0.05) is 13.8 Å². The Morgan fingerprint density at radius 2 is 1.87 bits per heavy atom. The van der Waals surface area contributed by atoms with E-state index in [9.17, 15) is 14.3 Å². The Labute approximate surface area is 182 Å². The van der Waals surface area contributed by atoms with Gasteiger partial charge in [-0.2, -0.15) is 0 Å². The fourth-order valence-corrected chi connectivity index (χ4v) is 3.83. The van der Waals surface area contributed by atoms with Gasteiger partial charge >= 0.3 is 5.97 Å². The van der Waals surface area contributed by atoms with E-state index >= 15 is 0 Å². The molecule has 1 aliphatic heterocycles. The molecule has 0 aliphatic carbocycles. The Morgan fingerprint density at radius 3 is 2.39 bits per heavy atom. The van der Waals surface area contributed by atoms with Crippen molar-refractivity contribution in [3.05, 3.63) is 47.4 Å². The van der Waals surface area contributed by atoms with E-state index in [-0.39, 0.29) is 17.4 Å². The quantitative estimate of drug-likeness (QED) is 0.573. The van der Waals surface area contributed by atoms with Gasteiger partial charge in [0.05, 0.1) is 11.3 Å². The van der Waals surface area contributed by atoms with E-state index in [1.807, 2.05) is 13.8 Å². The van der Waals surface area contributed by atoms with Crippen molar-refractivity contribution in [3.8, 4) is 0 Å². The molecule has 1 aromatic carbocycles. The van der Waals surface area contributed by atoms with Crippen molar-refractivity contribution in [2.45, 2.75) is 32.7 Å². The summed E-state index contributed by atoms with van der Waals surface area (Å²) in [7, 11) is 4.14. The largest absolute Gasteiger partial charge is 0.477 e. The van der Waals surface area contributed by atoms with Crippen LogP contribution in [0.3, 0.4) is 0 Å². The number of anilines is 3. The van der Waals surface area contributed by atoms with Crippen molar-refractivity contribution in [1.29, 1.82) is 5.41 Å². The highest BCUT2D eigenvalue weighted by molar-refractivity contribution is 6.09. The number of rotatable bonds is 7. The molecule has 0 saturated carbocycles. The topological polar surface area (TPSA) is 92.6 Å². The first kappa shape index (κ1) is 22.7. The highest BCUT2D eigenvalue weighted by Crippen LogP contribution is 2.34. The Bertz CT molecular complexity index is 951. The molecule has 3 N–H and O–H groups in total. The first-order valence-electron chi connectivity index (χ1n) is 10.5. The molecule has 0 unspecified atom stereocenters. The number of piperidine rings is 1. The van der Waals surface area contributed by atoms with Crippen molar-refractivity contribution in [2.24, 2.45) is 5.92 Å². The van der Waals surface area contributed by atoms with E-state index < -0.39 is 5.97 Å². The molecule has 31 heavy (non-hydrogen) atoms. The molecule has 1 saturated heterocycles. The van der Waals surface area contributed by atoms with E-state index in [0.29, 0.717) is 34.5 Å². The Hall–Kier alpha value is -3.00. The number of aromatic nitrogens is 1. The van der Waals surface area contributed by atoms with Crippen molar-refractivity contribution in [2.75, 3.05) is 37.4 Å². The number of aromatic carboxylic acids is 1. The summed E-state index contributed by atoms with van der Waals surface area (Å²) in [6, 6.07) is 7.82. The molecule has 0 spiro atoms. The lowest BCUT2D eigenvalue weighted by atomic mass is 9.96. The van der Waals surface area contributed by atoms with Gasteiger partial charge in [-0.05, 0) is 63.2 Å². The molecule has 1 aliphatic rings. The number of halogens is 1. The molecule has 1 fully saturated rings. The summed E-state index contributed by atoms with van der Waals surface area (Å²) >= 11 is 0. The third-order valence-electron chi connectivity index (χ3n) is 5.71. The van der Waals surface area contributed by atoms with Crippen molar-refractivity contribution in [1.82, 2.24) is 9.88 Å². The van der Waals surface area contributed by atoms with Gasteiger partial charge < -0.3 is 25.6 Å². The second kappa shape index (κ2) is 9.43. The smallest absolute Gasteiger partial charge is 0.354 e.